The van der Waals surface area contributed by atoms with Crippen LogP contribution in [0.15, 0.2) is 6.20 Å². The number of pyridine rings is 1. The Morgan fingerprint density at radius 2 is 2.17 bits per heavy atom. The summed E-state index contributed by atoms with van der Waals surface area (Å²) in [7, 11) is 2.50. The van der Waals surface area contributed by atoms with Crippen molar-refractivity contribution in [2.75, 3.05) is 14.2 Å². The van der Waals surface area contributed by atoms with Gasteiger partial charge in [-0.3, -0.25) is 4.79 Å². The van der Waals surface area contributed by atoms with Gasteiger partial charge < -0.3 is 15.2 Å². The van der Waals surface area contributed by atoms with Gasteiger partial charge in [-0.1, -0.05) is 0 Å². The number of carbonyl (C=O) groups is 1. The van der Waals surface area contributed by atoms with Gasteiger partial charge in [0.15, 0.2) is 0 Å². The van der Waals surface area contributed by atoms with E-state index in [4.69, 9.17) is 10.5 Å². The second-order valence-corrected chi connectivity index (χ2v) is 3.44. The summed E-state index contributed by atoms with van der Waals surface area (Å²) in [4.78, 5) is 15.0. The van der Waals surface area contributed by atoms with E-state index in [1.807, 2.05) is 0 Å². The zero-order chi connectivity index (χ0) is 13.7. The summed E-state index contributed by atoms with van der Waals surface area (Å²) in [6.07, 6.45) is -1.86. The van der Waals surface area contributed by atoms with Crippen LogP contribution in [-0.4, -0.2) is 25.2 Å². The van der Waals surface area contributed by atoms with Crippen LogP contribution in [0.5, 0.6) is 5.88 Å². The third kappa shape index (κ3) is 2.92. The predicted molar refractivity (Wildman–Crippen MR) is 59.4 cm³/mol. The zero-order valence-electron chi connectivity index (χ0n) is 10.1. The third-order valence-electron chi connectivity index (χ3n) is 2.45. The van der Waals surface area contributed by atoms with E-state index in [9.17, 15) is 13.6 Å². The van der Waals surface area contributed by atoms with Crippen molar-refractivity contribution in [1.82, 2.24) is 4.98 Å². The van der Waals surface area contributed by atoms with Crippen LogP contribution in [0.1, 0.15) is 23.1 Å². The second-order valence-electron chi connectivity index (χ2n) is 3.44. The molecule has 0 aliphatic rings. The summed E-state index contributed by atoms with van der Waals surface area (Å²) in [5.74, 6) is -0.576. The highest BCUT2D eigenvalue weighted by atomic mass is 19.3. The Balaban J connectivity index is 3.30. The molecule has 1 heterocycles. The first-order valence-corrected chi connectivity index (χ1v) is 5.14. The van der Waals surface area contributed by atoms with Crippen LogP contribution in [0.4, 0.5) is 8.78 Å². The largest absolute Gasteiger partial charge is 0.481 e. The maximum atomic E-state index is 13.1. The van der Waals surface area contributed by atoms with Gasteiger partial charge in [0.25, 0.3) is 6.43 Å². The molecule has 0 aliphatic carbocycles. The summed E-state index contributed by atoms with van der Waals surface area (Å²) in [6, 6.07) is 0. The Morgan fingerprint density at radius 3 is 2.61 bits per heavy atom. The summed E-state index contributed by atoms with van der Waals surface area (Å²) in [5.41, 5.74) is 5.32. The lowest BCUT2D eigenvalue weighted by molar-refractivity contribution is -0.139. The van der Waals surface area contributed by atoms with Crippen molar-refractivity contribution in [3.63, 3.8) is 0 Å². The molecule has 0 atom stereocenters. The van der Waals surface area contributed by atoms with Gasteiger partial charge in [0.05, 0.1) is 20.6 Å². The number of hydrogen-bond acceptors (Lipinski definition) is 5. The SMILES string of the molecule is COC(=O)Cc1cnc(OC)c(CN)c1C(F)F. The highest BCUT2D eigenvalue weighted by Crippen LogP contribution is 2.31. The van der Waals surface area contributed by atoms with Crippen molar-refractivity contribution in [3.8, 4) is 5.88 Å². The standard InChI is InChI=1S/C11H14F2N2O3/c1-17-8(16)3-6-5-15-11(18-2)7(4-14)9(6)10(12)13/h5,10H,3-4,14H2,1-2H3. The van der Waals surface area contributed by atoms with Crippen LogP contribution in [0.2, 0.25) is 0 Å². The van der Waals surface area contributed by atoms with Crippen LogP contribution in [0, 0.1) is 0 Å². The molecule has 0 amide bonds. The molecule has 0 aromatic carbocycles. The molecule has 100 valence electrons. The molecule has 5 nitrogen and oxygen atoms in total. The topological polar surface area (TPSA) is 74.4 Å². The number of esters is 1. The number of alkyl halides is 2. The Morgan fingerprint density at radius 1 is 1.50 bits per heavy atom. The van der Waals surface area contributed by atoms with E-state index in [0.717, 1.165) is 0 Å². The second kappa shape index (κ2) is 6.25. The van der Waals surface area contributed by atoms with Crippen LogP contribution in [0.25, 0.3) is 0 Å². The van der Waals surface area contributed by atoms with Gasteiger partial charge in [-0.25, -0.2) is 13.8 Å². The van der Waals surface area contributed by atoms with Crippen LogP contribution in [-0.2, 0) is 22.5 Å². The highest BCUT2D eigenvalue weighted by molar-refractivity contribution is 5.73. The fraction of sp³-hybridized carbons (Fsp3) is 0.455. The average molecular weight is 260 g/mol. The molecule has 0 radical (unpaired) electrons. The van der Waals surface area contributed by atoms with E-state index in [-0.39, 0.29) is 35.5 Å². The normalized spacial score (nSPS) is 10.6. The maximum absolute atomic E-state index is 13.1. The number of ether oxygens (including phenoxy) is 2. The summed E-state index contributed by atoms with van der Waals surface area (Å²) in [5, 5.41) is 0. The van der Waals surface area contributed by atoms with E-state index in [1.165, 1.54) is 20.4 Å². The number of methoxy groups -OCH3 is 2. The minimum atomic E-state index is -2.76. The number of carbonyl (C=O) groups excluding carboxylic acids is 1. The predicted octanol–water partition coefficient (Wildman–Crippen LogP) is 1.20. The molecule has 0 saturated heterocycles. The Kier molecular flexibility index (Phi) is 4.96. The fourth-order valence-electron chi connectivity index (χ4n) is 1.61. The number of nitrogens with two attached hydrogens (primary N) is 1. The number of aromatic nitrogens is 1. The average Bonchev–Trinajstić information content (AvgIpc) is 2.37. The first-order chi connectivity index (χ1) is 8.54. The van der Waals surface area contributed by atoms with Gasteiger partial charge in [0.2, 0.25) is 5.88 Å². The number of rotatable bonds is 5. The third-order valence-corrected chi connectivity index (χ3v) is 2.45. The summed E-state index contributed by atoms with van der Waals surface area (Å²) >= 11 is 0. The molecular weight excluding hydrogens is 246 g/mol. The number of hydrogen-bond donors (Lipinski definition) is 1. The van der Waals surface area contributed by atoms with E-state index >= 15 is 0 Å². The molecule has 1 aromatic heterocycles. The smallest absolute Gasteiger partial charge is 0.310 e. The van der Waals surface area contributed by atoms with Gasteiger partial charge in [-0.2, -0.15) is 0 Å². The van der Waals surface area contributed by atoms with E-state index in [1.54, 1.807) is 0 Å². The lowest BCUT2D eigenvalue weighted by atomic mass is 10.0. The molecule has 7 heteroatoms. The molecule has 1 rings (SSSR count). The van der Waals surface area contributed by atoms with Crippen LogP contribution < -0.4 is 10.5 Å². The molecule has 0 spiro atoms. The van der Waals surface area contributed by atoms with E-state index in [2.05, 4.69) is 9.72 Å². The fourth-order valence-corrected chi connectivity index (χ4v) is 1.61. The lowest BCUT2D eigenvalue weighted by Crippen LogP contribution is -2.13. The Hall–Kier alpha value is -1.76. The minimum Gasteiger partial charge on any atom is -0.481 e. The molecule has 0 unspecified atom stereocenters. The van der Waals surface area contributed by atoms with Crippen LogP contribution >= 0.6 is 0 Å². The highest BCUT2D eigenvalue weighted by Gasteiger charge is 2.23. The van der Waals surface area contributed by atoms with E-state index in [0.29, 0.717) is 0 Å². The number of halogens is 2. The quantitative estimate of drug-likeness (QED) is 0.805. The van der Waals surface area contributed by atoms with Crippen molar-refractivity contribution in [3.05, 3.63) is 22.9 Å². The van der Waals surface area contributed by atoms with Crippen LogP contribution in [0.3, 0.4) is 0 Å². The van der Waals surface area contributed by atoms with Gasteiger partial charge in [0, 0.05) is 23.9 Å². The van der Waals surface area contributed by atoms with Gasteiger partial charge in [-0.05, 0) is 5.56 Å². The first kappa shape index (κ1) is 14.3. The van der Waals surface area contributed by atoms with Crippen molar-refractivity contribution in [2.45, 2.75) is 19.4 Å². The Labute approximate surface area is 103 Å². The maximum Gasteiger partial charge on any atom is 0.310 e. The monoisotopic (exact) mass is 260 g/mol. The van der Waals surface area contributed by atoms with Gasteiger partial charge >= 0.3 is 5.97 Å². The molecule has 0 fully saturated rings. The van der Waals surface area contributed by atoms with E-state index < -0.39 is 12.4 Å². The minimum absolute atomic E-state index is 0.0430. The van der Waals surface area contributed by atoms with Crippen molar-refractivity contribution < 1.29 is 23.0 Å². The van der Waals surface area contributed by atoms with Gasteiger partial charge in [-0.15, -0.1) is 0 Å². The number of nitrogens with zero attached hydrogens (tertiary/aromatic N) is 1. The van der Waals surface area contributed by atoms with Gasteiger partial charge in [0.1, 0.15) is 0 Å². The first-order valence-electron chi connectivity index (χ1n) is 5.14. The molecule has 0 bridgehead atoms. The molecule has 0 aliphatic heterocycles. The molecular formula is C11H14F2N2O3. The summed E-state index contributed by atoms with van der Waals surface area (Å²) in [6.45, 7) is -0.148. The van der Waals surface area contributed by atoms with Crippen molar-refractivity contribution in [2.24, 2.45) is 5.73 Å². The molecule has 0 saturated carbocycles. The molecule has 18 heavy (non-hydrogen) atoms. The lowest BCUT2D eigenvalue weighted by Gasteiger charge is -2.15. The molecule has 2 N–H and O–H groups in total. The molecule has 1 aromatic rings. The van der Waals surface area contributed by atoms with Crippen molar-refractivity contribution in [1.29, 1.82) is 0 Å². The Bertz CT molecular complexity index is 439. The van der Waals surface area contributed by atoms with Crippen molar-refractivity contribution >= 4 is 5.97 Å². The summed E-state index contributed by atoms with van der Waals surface area (Å²) < 4.78 is 35.4. The zero-order valence-corrected chi connectivity index (χ0v) is 10.1.